The van der Waals surface area contributed by atoms with E-state index in [9.17, 15) is 0 Å². The van der Waals surface area contributed by atoms with Crippen LogP contribution in [0.2, 0.25) is 0 Å². The van der Waals surface area contributed by atoms with Crippen LogP contribution in [0.3, 0.4) is 0 Å². The second-order valence-electron chi connectivity index (χ2n) is 5.13. The fraction of sp³-hybridized carbons (Fsp3) is 0.375. The van der Waals surface area contributed by atoms with Gasteiger partial charge in [0.25, 0.3) is 0 Å². The van der Waals surface area contributed by atoms with Crippen LogP contribution in [0.15, 0.2) is 29.6 Å². The number of nitrogens with one attached hydrogen (secondary N) is 1. The first-order chi connectivity index (χ1) is 8.58. The van der Waals surface area contributed by atoms with Gasteiger partial charge in [-0.1, -0.05) is 37.6 Å². The third-order valence-electron chi connectivity index (χ3n) is 3.07. The van der Waals surface area contributed by atoms with Crippen LogP contribution in [0.25, 0.3) is 10.4 Å². The number of rotatable bonds is 4. The molecule has 0 bridgehead atoms. The molecular weight excluding hydrogens is 238 g/mol. The smallest absolute Gasteiger partial charge is 0.0375 e. The molecule has 0 aliphatic heterocycles. The van der Waals surface area contributed by atoms with Crippen molar-refractivity contribution >= 4 is 11.3 Å². The quantitative estimate of drug-likeness (QED) is 0.850. The van der Waals surface area contributed by atoms with Crippen molar-refractivity contribution in [3.63, 3.8) is 0 Å². The standard InChI is InChI=1S/C16H21NS/c1-11(2)17-10-14-6-5-12(3)9-15(14)16-13(4)7-8-18-16/h5-9,11,17H,10H2,1-4H3. The molecule has 0 saturated heterocycles. The molecule has 2 aromatic rings. The lowest BCUT2D eigenvalue weighted by Gasteiger charge is -2.13. The van der Waals surface area contributed by atoms with E-state index in [2.05, 4.69) is 62.7 Å². The highest BCUT2D eigenvalue weighted by atomic mass is 32.1. The maximum absolute atomic E-state index is 3.51. The first-order valence-corrected chi connectivity index (χ1v) is 7.33. The molecule has 18 heavy (non-hydrogen) atoms. The minimum atomic E-state index is 0.517. The number of hydrogen-bond donors (Lipinski definition) is 1. The minimum absolute atomic E-state index is 0.517. The molecule has 0 radical (unpaired) electrons. The van der Waals surface area contributed by atoms with E-state index in [1.807, 2.05) is 11.3 Å². The summed E-state index contributed by atoms with van der Waals surface area (Å²) < 4.78 is 0. The van der Waals surface area contributed by atoms with E-state index in [4.69, 9.17) is 0 Å². The normalized spacial score (nSPS) is 11.2. The largest absolute Gasteiger partial charge is 0.310 e. The maximum Gasteiger partial charge on any atom is 0.0375 e. The lowest BCUT2D eigenvalue weighted by molar-refractivity contribution is 0.589. The first-order valence-electron chi connectivity index (χ1n) is 6.45. The number of thiophene rings is 1. The summed E-state index contributed by atoms with van der Waals surface area (Å²) in [4.78, 5) is 1.40. The Kier molecular flexibility index (Phi) is 4.20. The molecular formula is C16H21NS. The Hall–Kier alpha value is -1.12. The molecule has 2 rings (SSSR count). The van der Waals surface area contributed by atoms with Gasteiger partial charge in [0.2, 0.25) is 0 Å². The fourth-order valence-corrected chi connectivity index (χ4v) is 3.00. The highest BCUT2D eigenvalue weighted by molar-refractivity contribution is 7.13. The molecule has 0 aliphatic rings. The average Bonchev–Trinajstić information content (AvgIpc) is 2.73. The Morgan fingerprint density at radius 3 is 2.56 bits per heavy atom. The summed E-state index contributed by atoms with van der Waals surface area (Å²) in [7, 11) is 0. The van der Waals surface area contributed by atoms with E-state index in [-0.39, 0.29) is 0 Å². The molecule has 1 N–H and O–H groups in total. The molecule has 0 fully saturated rings. The second-order valence-corrected chi connectivity index (χ2v) is 6.05. The van der Waals surface area contributed by atoms with Crippen LogP contribution in [0.4, 0.5) is 0 Å². The molecule has 0 amide bonds. The molecule has 1 heterocycles. The average molecular weight is 259 g/mol. The summed E-state index contributed by atoms with van der Waals surface area (Å²) in [5.74, 6) is 0. The zero-order valence-corrected chi connectivity index (χ0v) is 12.4. The van der Waals surface area contributed by atoms with E-state index < -0.39 is 0 Å². The molecule has 2 heteroatoms. The van der Waals surface area contributed by atoms with Gasteiger partial charge in [0, 0.05) is 17.5 Å². The van der Waals surface area contributed by atoms with E-state index in [1.165, 1.54) is 27.1 Å². The minimum Gasteiger partial charge on any atom is -0.310 e. The lowest BCUT2D eigenvalue weighted by Crippen LogP contribution is -2.22. The summed E-state index contributed by atoms with van der Waals surface area (Å²) >= 11 is 1.83. The van der Waals surface area contributed by atoms with Crippen LogP contribution >= 0.6 is 11.3 Å². The van der Waals surface area contributed by atoms with Gasteiger partial charge in [-0.2, -0.15) is 0 Å². The van der Waals surface area contributed by atoms with Crippen LogP contribution in [0.5, 0.6) is 0 Å². The molecule has 0 aliphatic carbocycles. The zero-order valence-electron chi connectivity index (χ0n) is 11.6. The zero-order chi connectivity index (χ0) is 13.1. The van der Waals surface area contributed by atoms with Gasteiger partial charge in [0.15, 0.2) is 0 Å². The van der Waals surface area contributed by atoms with Crippen molar-refractivity contribution < 1.29 is 0 Å². The van der Waals surface area contributed by atoms with Gasteiger partial charge in [-0.05, 0) is 42.0 Å². The van der Waals surface area contributed by atoms with Gasteiger partial charge in [0.05, 0.1) is 0 Å². The lowest BCUT2D eigenvalue weighted by atomic mass is 10.0. The predicted molar refractivity (Wildman–Crippen MR) is 81.2 cm³/mol. The van der Waals surface area contributed by atoms with Crippen molar-refractivity contribution in [2.45, 2.75) is 40.3 Å². The molecule has 1 aromatic carbocycles. The monoisotopic (exact) mass is 259 g/mol. The summed E-state index contributed by atoms with van der Waals surface area (Å²) in [6, 6.07) is 9.46. The summed E-state index contributed by atoms with van der Waals surface area (Å²) in [6.45, 7) is 9.65. The Labute approximate surface area is 114 Å². The topological polar surface area (TPSA) is 12.0 Å². The third-order valence-corrected chi connectivity index (χ3v) is 4.12. The maximum atomic E-state index is 3.51. The van der Waals surface area contributed by atoms with Gasteiger partial charge in [0.1, 0.15) is 0 Å². The van der Waals surface area contributed by atoms with Crippen molar-refractivity contribution in [2.75, 3.05) is 0 Å². The molecule has 1 nitrogen and oxygen atoms in total. The Bertz CT molecular complexity index is 526. The summed E-state index contributed by atoms with van der Waals surface area (Å²) in [5, 5.41) is 5.68. The summed E-state index contributed by atoms with van der Waals surface area (Å²) in [5.41, 5.74) is 5.47. The van der Waals surface area contributed by atoms with Crippen molar-refractivity contribution in [2.24, 2.45) is 0 Å². The van der Waals surface area contributed by atoms with Crippen molar-refractivity contribution in [3.8, 4) is 10.4 Å². The van der Waals surface area contributed by atoms with E-state index in [0.29, 0.717) is 6.04 Å². The number of hydrogen-bond acceptors (Lipinski definition) is 2. The van der Waals surface area contributed by atoms with Crippen molar-refractivity contribution in [1.29, 1.82) is 0 Å². The Morgan fingerprint density at radius 2 is 1.94 bits per heavy atom. The van der Waals surface area contributed by atoms with E-state index in [1.54, 1.807) is 0 Å². The number of aryl methyl sites for hydroxylation is 2. The predicted octanol–water partition coefficient (Wildman–Crippen LogP) is 4.53. The Morgan fingerprint density at radius 1 is 1.17 bits per heavy atom. The van der Waals surface area contributed by atoms with Gasteiger partial charge >= 0.3 is 0 Å². The Balaban J connectivity index is 2.38. The highest BCUT2D eigenvalue weighted by Crippen LogP contribution is 2.32. The van der Waals surface area contributed by atoms with E-state index in [0.717, 1.165) is 6.54 Å². The highest BCUT2D eigenvalue weighted by Gasteiger charge is 2.09. The van der Waals surface area contributed by atoms with Gasteiger partial charge in [-0.25, -0.2) is 0 Å². The fourth-order valence-electron chi connectivity index (χ4n) is 2.02. The molecule has 0 saturated carbocycles. The van der Waals surface area contributed by atoms with Crippen LogP contribution < -0.4 is 5.32 Å². The second kappa shape index (κ2) is 5.68. The molecule has 0 spiro atoms. The molecule has 0 atom stereocenters. The summed E-state index contributed by atoms with van der Waals surface area (Å²) in [6.07, 6.45) is 0. The third kappa shape index (κ3) is 3.01. The van der Waals surface area contributed by atoms with Crippen LogP contribution in [-0.2, 0) is 6.54 Å². The van der Waals surface area contributed by atoms with Gasteiger partial charge in [-0.15, -0.1) is 11.3 Å². The van der Waals surface area contributed by atoms with Crippen molar-refractivity contribution in [3.05, 3.63) is 46.3 Å². The first kappa shape index (κ1) is 13.3. The van der Waals surface area contributed by atoms with Crippen LogP contribution in [0, 0.1) is 13.8 Å². The number of benzene rings is 1. The van der Waals surface area contributed by atoms with Crippen LogP contribution in [-0.4, -0.2) is 6.04 Å². The SMILES string of the molecule is Cc1ccc(CNC(C)C)c(-c2sccc2C)c1. The van der Waals surface area contributed by atoms with Crippen molar-refractivity contribution in [1.82, 2.24) is 5.32 Å². The van der Waals surface area contributed by atoms with E-state index >= 15 is 0 Å². The van der Waals surface area contributed by atoms with Gasteiger partial charge < -0.3 is 5.32 Å². The molecule has 0 unspecified atom stereocenters. The molecule has 96 valence electrons. The molecule has 1 aromatic heterocycles. The van der Waals surface area contributed by atoms with Crippen LogP contribution in [0.1, 0.15) is 30.5 Å². The van der Waals surface area contributed by atoms with Gasteiger partial charge in [-0.3, -0.25) is 0 Å².